The van der Waals surface area contributed by atoms with Gasteiger partial charge < -0.3 is 15.0 Å². The maximum absolute atomic E-state index is 11.7. The second-order valence-electron chi connectivity index (χ2n) is 3.95. The zero-order chi connectivity index (χ0) is 14.3. The predicted octanol–water partition coefficient (Wildman–Crippen LogP) is -0.0194. The number of esters is 1. The summed E-state index contributed by atoms with van der Waals surface area (Å²) >= 11 is 0. The number of nitrogens with one attached hydrogen (secondary N) is 1. The normalized spacial score (nSPS) is 11.5. The number of aromatic nitrogens is 2. The van der Waals surface area contributed by atoms with Crippen LogP contribution in [0.1, 0.15) is 13.8 Å². The van der Waals surface area contributed by atoms with Gasteiger partial charge in [0.15, 0.2) is 0 Å². The smallest absolute Gasteiger partial charge is 0.328 e. The summed E-state index contributed by atoms with van der Waals surface area (Å²) in [6.45, 7) is 3.65. The van der Waals surface area contributed by atoms with Crippen molar-refractivity contribution < 1.29 is 14.3 Å². The van der Waals surface area contributed by atoms with Gasteiger partial charge in [0.2, 0.25) is 11.9 Å². The fourth-order valence-electron chi connectivity index (χ4n) is 1.39. The van der Waals surface area contributed by atoms with E-state index in [4.69, 9.17) is 4.74 Å². The lowest BCUT2D eigenvalue weighted by molar-refractivity contribution is -0.146. The number of likely N-dealkylation sites (N-methyl/N-ethyl adjacent to an activating group) is 1. The predicted molar refractivity (Wildman–Crippen MR) is 69.5 cm³/mol. The molecule has 1 N–H and O–H groups in total. The van der Waals surface area contributed by atoms with Crippen molar-refractivity contribution >= 4 is 17.8 Å². The molecule has 7 nitrogen and oxygen atoms in total. The van der Waals surface area contributed by atoms with Crippen LogP contribution >= 0.6 is 0 Å². The van der Waals surface area contributed by atoms with Crippen molar-refractivity contribution in [3.05, 3.63) is 18.5 Å². The molecular formula is C12H18N4O3. The van der Waals surface area contributed by atoms with E-state index in [0.29, 0.717) is 5.95 Å². The molecule has 0 fully saturated rings. The lowest BCUT2D eigenvalue weighted by Crippen LogP contribution is -2.44. The highest BCUT2D eigenvalue weighted by atomic mass is 16.5. The van der Waals surface area contributed by atoms with Crippen LogP contribution in [0.3, 0.4) is 0 Å². The Bertz CT molecular complexity index is 424. The quantitative estimate of drug-likeness (QED) is 0.728. The first-order chi connectivity index (χ1) is 9.04. The number of nitrogens with zero attached hydrogens (tertiary/aromatic N) is 3. The molecule has 1 atom stereocenters. The maximum atomic E-state index is 11.7. The highest BCUT2D eigenvalue weighted by Gasteiger charge is 2.17. The molecule has 0 radical (unpaired) electrons. The third-order valence-electron chi connectivity index (χ3n) is 2.29. The number of rotatable bonds is 6. The van der Waals surface area contributed by atoms with E-state index in [9.17, 15) is 9.59 Å². The summed E-state index contributed by atoms with van der Waals surface area (Å²) in [5, 5.41) is 2.55. The molecule has 1 unspecified atom stereocenters. The van der Waals surface area contributed by atoms with Crippen molar-refractivity contribution in [3.8, 4) is 0 Å². The van der Waals surface area contributed by atoms with Crippen LogP contribution in [0.4, 0.5) is 5.95 Å². The highest BCUT2D eigenvalue weighted by Crippen LogP contribution is 2.00. The Morgan fingerprint density at radius 1 is 1.42 bits per heavy atom. The van der Waals surface area contributed by atoms with Crippen LogP contribution in [0.15, 0.2) is 18.5 Å². The van der Waals surface area contributed by atoms with E-state index >= 15 is 0 Å². The van der Waals surface area contributed by atoms with Crippen molar-refractivity contribution in [2.45, 2.75) is 19.9 Å². The second kappa shape index (κ2) is 7.30. The topological polar surface area (TPSA) is 84.4 Å². The van der Waals surface area contributed by atoms with E-state index in [1.165, 1.54) is 0 Å². The molecule has 1 amide bonds. The molecule has 0 aromatic carbocycles. The Morgan fingerprint density at radius 2 is 2.05 bits per heavy atom. The molecule has 0 aliphatic rings. The van der Waals surface area contributed by atoms with Gasteiger partial charge in [0.25, 0.3) is 0 Å². The summed E-state index contributed by atoms with van der Waals surface area (Å²) < 4.78 is 4.80. The van der Waals surface area contributed by atoms with E-state index in [1.807, 2.05) is 0 Å². The maximum Gasteiger partial charge on any atom is 0.328 e. The van der Waals surface area contributed by atoms with Crippen molar-refractivity contribution in [1.29, 1.82) is 0 Å². The van der Waals surface area contributed by atoms with E-state index < -0.39 is 12.0 Å². The highest BCUT2D eigenvalue weighted by molar-refractivity contribution is 5.86. The van der Waals surface area contributed by atoms with Gasteiger partial charge in [-0.15, -0.1) is 0 Å². The minimum absolute atomic E-state index is 0.0633. The Labute approximate surface area is 112 Å². The van der Waals surface area contributed by atoms with Gasteiger partial charge in [0, 0.05) is 19.4 Å². The van der Waals surface area contributed by atoms with Crippen LogP contribution in [0.2, 0.25) is 0 Å². The average Bonchev–Trinajstić information content (AvgIpc) is 2.39. The van der Waals surface area contributed by atoms with Gasteiger partial charge in [0.1, 0.15) is 6.04 Å². The molecule has 1 rings (SSSR count). The molecule has 0 aliphatic carbocycles. The number of ether oxygens (including phenoxy) is 1. The van der Waals surface area contributed by atoms with Crippen LogP contribution < -0.4 is 10.2 Å². The fourth-order valence-corrected chi connectivity index (χ4v) is 1.39. The van der Waals surface area contributed by atoms with Crippen molar-refractivity contribution in [2.24, 2.45) is 0 Å². The minimum atomic E-state index is -0.669. The van der Waals surface area contributed by atoms with Crippen molar-refractivity contribution in [2.75, 3.05) is 25.1 Å². The monoisotopic (exact) mass is 266 g/mol. The number of hydrogen-bond acceptors (Lipinski definition) is 6. The Morgan fingerprint density at radius 3 is 2.63 bits per heavy atom. The summed E-state index contributed by atoms with van der Waals surface area (Å²) in [4.78, 5) is 32.7. The molecule has 7 heteroatoms. The standard InChI is InChI=1S/C12H18N4O3/c1-4-19-11(18)9(2)15-10(17)8-16(3)12-13-6-5-7-14-12/h5-7,9H,4,8H2,1-3H3,(H,15,17). The van der Waals surface area contributed by atoms with Crippen LogP contribution in [-0.4, -0.2) is 48.1 Å². The van der Waals surface area contributed by atoms with E-state index in [0.717, 1.165) is 0 Å². The molecule has 104 valence electrons. The zero-order valence-electron chi connectivity index (χ0n) is 11.3. The van der Waals surface area contributed by atoms with Crippen LogP contribution in [-0.2, 0) is 14.3 Å². The number of carbonyl (C=O) groups is 2. The van der Waals surface area contributed by atoms with Gasteiger partial charge in [-0.2, -0.15) is 0 Å². The molecule has 0 saturated heterocycles. The first-order valence-corrected chi connectivity index (χ1v) is 5.98. The molecular weight excluding hydrogens is 248 g/mol. The summed E-state index contributed by atoms with van der Waals surface area (Å²) in [5.74, 6) is -0.300. The SMILES string of the molecule is CCOC(=O)C(C)NC(=O)CN(C)c1ncccn1. The third kappa shape index (κ3) is 4.90. The molecule has 0 aliphatic heterocycles. The summed E-state index contributed by atoms with van der Waals surface area (Å²) in [5.41, 5.74) is 0. The minimum Gasteiger partial charge on any atom is -0.464 e. The van der Waals surface area contributed by atoms with Crippen molar-refractivity contribution in [1.82, 2.24) is 15.3 Å². The van der Waals surface area contributed by atoms with E-state index in [-0.39, 0.29) is 19.1 Å². The second-order valence-corrected chi connectivity index (χ2v) is 3.95. The van der Waals surface area contributed by atoms with Gasteiger partial charge in [-0.05, 0) is 19.9 Å². The first-order valence-electron chi connectivity index (χ1n) is 5.98. The Hall–Kier alpha value is -2.18. The molecule has 1 heterocycles. The third-order valence-corrected chi connectivity index (χ3v) is 2.29. The molecule has 19 heavy (non-hydrogen) atoms. The van der Waals surface area contributed by atoms with Crippen molar-refractivity contribution in [3.63, 3.8) is 0 Å². The number of carbonyl (C=O) groups excluding carboxylic acids is 2. The number of anilines is 1. The van der Waals surface area contributed by atoms with Crippen LogP contribution in [0, 0.1) is 0 Å². The van der Waals surface area contributed by atoms with Gasteiger partial charge in [-0.1, -0.05) is 0 Å². The summed E-state index contributed by atoms with van der Waals surface area (Å²) in [7, 11) is 1.70. The number of amides is 1. The molecule has 1 aromatic heterocycles. The zero-order valence-corrected chi connectivity index (χ0v) is 11.3. The number of hydrogen-bond donors (Lipinski definition) is 1. The molecule has 0 bridgehead atoms. The summed E-state index contributed by atoms with van der Waals surface area (Å²) in [6.07, 6.45) is 3.19. The largest absolute Gasteiger partial charge is 0.464 e. The van der Waals surface area contributed by atoms with E-state index in [2.05, 4.69) is 15.3 Å². The molecule has 0 spiro atoms. The molecule has 0 saturated carbocycles. The average molecular weight is 266 g/mol. The lowest BCUT2D eigenvalue weighted by Gasteiger charge is -2.18. The van der Waals surface area contributed by atoms with Crippen LogP contribution in [0.5, 0.6) is 0 Å². The summed E-state index contributed by atoms with van der Waals surface area (Å²) in [6, 6.07) is 1.03. The van der Waals surface area contributed by atoms with E-state index in [1.54, 1.807) is 44.3 Å². The van der Waals surface area contributed by atoms with Crippen LogP contribution in [0.25, 0.3) is 0 Å². The Kier molecular flexibility index (Phi) is 5.72. The first kappa shape index (κ1) is 14.9. The Balaban J connectivity index is 2.45. The van der Waals surface area contributed by atoms with Gasteiger partial charge in [-0.3, -0.25) is 4.79 Å². The fraction of sp³-hybridized carbons (Fsp3) is 0.500. The van der Waals surface area contributed by atoms with Gasteiger partial charge in [-0.25, -0.2) is 14.8 Å². The molecule has 1 aromatic rings. The van der Waals surface area contributed by atoms with Gasteiger partial charge in [0.05, 0.1) is 13.2 Å². The lowest BCUT2D eigenvalue weighted by atomic mass is 10.3. The van der Waals surface area contributed by atoms with Gasteiger partial charge >= 0.3 is 5.97 Å².